The fraction of sp³-hybridized carbons (Fsp3) is 0.900. The summed E-state index contributed by atoms with van der Waals surface area (Å²) < 4.78 is 0. The third kappa shape index (κ3) is 4.58. The quantitative estimate of drug-likeness (QED) is 0.643. The van der Waals surface area contributed by atoms with E-state index >= 15 is 0 Å². The van der Waals surface area contributed by atoms with Gasteiger partial charge in [-0.2, -0.15) is 0 Å². The zero-order valence-electron chi connectivity index (χ0n) is 9.18. The fourth-order valence-electron chi connectivity index (χ4n) is 1.81. The number of hydrogen-bond acceptors (Lipinski definition) is 3. The summed E-state index contributed by atoms with van der Waals surface area (Å²) in [6.07, 6.45) is 4.17. The van der Waals surface area contributed by atoms with Crippen molar-refractivity contribution in [1.29, 1.82) is 0 Å². The van der Waals surface area contributed by atoms with E-state index in [4.69, 9.17) is 0 Å². The lowest BCUT2D eigenvalue weighted by molar-refractivity contribution is -0.125. The van der Waals surface area contributed by atoms with Gasteiger partial charge in [-0.25, -0.2) is 5.01 Å². The molecule has 0 aromatic heterocycles. The molecule has 1 atom stereocenters. The van der Waals surface area contributed by atoms with Crippen molar-refractivity contribution < 1.29 is 4.79 Å². The lowest BCUT2D eigenvalue weighted by atomic mass is 9.95. The van der Waals surface area contributed by atoms with E-state index in [-0.39, 0.29) is 5.91 Å². The Labute approximate surface area is 86.0 Å². The average Bonchev–Trinajstić information content (AvgIpc) is 2.15. The van der Waals surface area contributed by atoms with Crippen LogP contribution >= 0.6 is 0 Å². The molecule has 1 unspecified atom stereocenters. The summed E-state index contributed by atoms with van der Waals surface area (Å²) in [5, 5.41) is 5.05. The van der Waals surface area contributed by atoms with Crippen molar-refractivity contribution >= 4 is 5.91 Å². The highest BCUT2D eigenvalue weighted by Crippen LogP contribution is 2.15. The minimum atomic E-state index is 0.126. The van der Waals surface area contributed by atoms with Gasteiger partial charge in [0.05, 0.1) is 0 Å². The molecule has 0 radical (unpaired) electrons. The van der Waals surface area contributed by atoms with E-state index in [1.54, 1.807) is 5.01 Å². The van der Waals surface area contributed by atoms with Crippen molar-refractivity contribution in [2.45, 2.75) is 25.7 Å². The maximum atomic E-state index is 11.3. The van der Waals surface area contributed by atoms with Gasteiger partial charge in [0.25, 0.3) is 0 Å². The predicted octanol–water partition coefficient (Wildman–Crippen LogP) is 0.359. The Kier molecular flexibility index (Phi) is 4.90. The Morgan fingerprint density at radius 2 is 2.36 bits per heavy atom. The van der Waals surface area contributed by atoms with Crippen molar-refractivity contribution in [2.24, 2.45) is 5.92 Å². The van der Waals surface area contributed by atoms with Gasteiger partial charge in [0.1, 0.15) is 0 Å². The lowest BCUT2D eigenvalue weighted by Crippen LogP contribution is -2.37. The molecule has 0 saturated carbocycles. The van der Waals surface area contributed by atoms with Crippen LogP contribution in [0.25, 0.3) is 0 Å². The van der Waals surface area contributed by atoms with E-state index in [0.717, 1.165) is 19.5 Å². The first kappa shape index (κ1) is 11.5. The van der Waals surface area contributed by atoms with E-state index in [9.17, 15) is 4.79 Å². The summed E-state index contributed by atoms with van der Waals surface area (Å²) in [5.74, 6) is 0.817. The van der Waals surface area contributed by atoms with Gasteiger partial charge in [0, 0.05) is 20.5 Å². The zero-order chi connectivity index (χ0) is 10.4. The number of hydrazine groups is 1. The van der Waals surface area contributed by atoms with Gasteiger partial charge in [0.2, 0.25) is 5.91 Å². The maximum absolute atomic E-state index is 11.3. The third-order valence-corrected chi connectivity index (χ3v) is 2.53. The Morgan fingerprint density at radius 3 is 2.93 bits per heavy atom. The van der Waals surface area contributed by atoms with Crippen LogP contribution in [0, 0.1) is 5.92 Å². The predicted molar refractivity (Wildman–Crippen MR) is 56.7 cm³/mol. The summed E-state index contributed by atoms with van der Waals surface area (Å²) in [6, 6.07) is 0. The normalized spacial score (nSPS) is 22.4. The molecule has 0 spiro atoms. The van der Waals surface area contributed by atoms with Crippen LogP contribution in [-0.4, -0.2) is 38.1 Å². The summed E-state index contributed by atoms with van der Waals surface area (Å²) in [6.45, 7) is 2.22. The molecule has 1 fully saturated rings. The molecule has 0 aromatic carbocycles. The molecule has 4 nitrogen and oxygen atoms in total. The van der Waals surface area contributed by atoms with Gasteiger partial charge < -0.3 is 5.32 Å². The van der Waals surface area contributed by atoms with Crippen LogP contribution < -0.4 is 10.7 Å². The van der Waals surface area contributed by atoms with Crippen LogP contribution in [0.15, 0.2) is 0 Å². The second-order valence-electron chi connectivity index (χ2n) is 4.18. The second-order valence-corrected chi connectivity index (χ2v) is 4.18. The lowest BCUT2D eigenvalue weighted by Gasteiger charge is -2.22. The first-order valence-electron chi connectivity index (χ1n) is 5.36. The highest BCUT2D eigenvalue weighted by molar-refractivity contribution is 5.75. The number of piperidine rings is 1. The smallest absolute Gasteiger partial charge is 0.234 e. The van der Waals surface area contributed by atoms with Crippen molar-refractivity contribution in [3.63, 3.8) is 0 Å². The summed E-state index contributed by atoms with van der Waals surface area (Å²) in [4.78, 5) is 11.3. The van der Waals surface area contributed by atoms with Crippen molar-refractivity contribution in [3.05, 3.63) is 0 Å². The number of rotatable bonds is 4. The van der Waals surface area contributed by atoms with Gasteiger partial charge >= 0.3 is 0 Å². The number of nitrogens with one attached hydrogen (secondary N) is 2. The van der Waals surface area contributed by atoms with Crippen LogP contribution in [-0.2, 0) is 4.79 Å². The maximum Gasteiger partial charge on any atom is 0.234 e. The van der Waals surface area contributed by atoms with Crippen LogP contribution in [0.2, 0.25) is 0 Å². The molecule has 1 saturated heterocycles. The first-order valence-corrected chi connectivity index (χ1v) is 5.36. The molecule has 2 N–H and O–H groups in total. The zero-order valence-corrected chi connectivity index (χ0v) is 9.18. The molecule has 82 valence electrons. The van der Waals surface area contributed by atoms with E-state index in [1.807, 2.05) is 14.1 Å². The first-order chi connectivity index (χ1) is 6.68. The Hall–Kier alpha value is -0.610. The number of carbonyl (C=O) groups is 1. The number of carbonyl (C=O) groups excluding carboxylic acids is 1. The SMILES string of the molecule is CN(C)NC(=O)CCC1CCCNC1. The summed E-state index contributed by atoms with van der Waals surface area (Å²) in [5.41, 5.74) is 2.76. The number of hydrogen-bond donors (Lipinski definition) is 2. The van der Waals surface area contributed by atoms with E-state index in [0.29, 0.717) is 12.3 Å². The molecule has 1 heterocycles. The largest absolute Gasteiger partial charge is 0.316 e. The van der Waals surface area contributed by atoms with Crippen molar-refractivity contribution in [2.75, 3.05) is 27.2 Å². The van der Waals surface area contributed by atoms with Crippen LogP contribution in [0.5, 0.6) is 0 Å². The highest BCUT2D eigenvalue weighted by Gasteiger charge is 2.14. The molecule has 0 bridgehead atoms. The summed E-state index contributed by atoms with van der Waals surface area (Å²) in [7, 11) is 3.67. The minimum absolute atomic E-state index is 0.126. The average molecular weight is 199 g/mol. The molecule has 1 aliphatic rings. The fourth-order valence-corrected chi connectivity index (χ4v) is 1.81. The minimum Gasteiger partial charge on any atom is -0.316 e. The van der Waals surface area contributed by atoms with Crippen LogP contribution in [0.4, 0.5) is 0 Å². The number of amides is 1. The van der Waals surface area contributed by atoms with Gasteiger partial charge in [-0.1, -0.05) is 0 Å². The Balaban J connectivity index is 2.09. The van der Waals surface area contributed by atoms with Gasteiger partial charge in [-0.3, -0.25) is 10.2 Å². The Bertz CT molecular complexity index is 176. The molecule has 1 aliphatic heterocycles. The summed E-state index contributed by atoms with van der Waals surface area (Å²) >= 11 is 0. The van der Waals surface area contributed by atoms with Crippen molar-refractivity contribution in [1.82, 2.24) is 15.8 Å². The molecule has 4 heteroatoms. The van der Waals surface area contributed by atoms with E-state index < -0.39 is 0 Å². The third-order valence-electron chi connectivity index (χ3n) is 2.53. The molecule has 0 aromatic rings. The highest BCUT2D eigenvalue weighted by atomic mass is 16.2. The molecule has 1 rings (SSSR count). The van der Waals surface area contributed by atoms with Gasteiger partial charge in [-0.15, -0.1) is 0 Å². The van der Waals surface area contributed by atoms with E-state index in [2.05, 4.69) is 10.7 Å². The van der Waals surface area contributed by atoms with Crippen LogP contribution in [0.1, 0.15) is 25.7 Å². The molecule has 0 aliphatic carbocycles. The van der Waals surface area contributed by atoms with Gasteiger partial charge in [0.15, 0.2) is 0 Å². The topological polar surface area (TPSA) is 44.4 Å². The Morgan fingerprint density at radius 1 is 1.57 bits per heavy atom. The molecular formula is C10H21N3O. The molecular weight excluding hydrogens is 178 g/mol. The van der Waals surface area contributed by atoms with Crippen molar-refractivity contribution in [3.8, 4) is 0 Å². The molecule has 1 amide bonds. The molecule has 14 heavy (non-hydrogen) atoms. The monoisotopic (exact) mass is 199 g/mol. The van der Waals surface area contributed by atoms with Crippen LogP contribution in [0.3, 0.4) is 0 Å². The van der Waals surface area contributed by atoms with Gasteiger partial charge in [-0.05, 0) is 38.3 Å². The second kappa shape index (κ2) is 5.98. The van der Waals surface area contributed by atoms with E-state index in [1.165, 1.54) is 12.8 Å². The standard InChI is InChI=1S/C10H21N3O/c1-13(2)12-10(14)6-5-9-4-3-7-11-8-9/h9,11H,3-8H2,1-2H3,(H,12,14). The number of nitrogens with zero attached hydrogens (tertiary/aromatic N) is 1.